The first-order valence-corrected chi connectivity index (χ1v) is 9.55. The number of anilines is 1. The summed E-state index contributed by atoms with van der Waals surface area (Å²) in [5.41, 5.74) is 3.52. The predicted octanol–water partition coefficient (Wildman–Crippen LogP) is 3.39. The Labute approximate surface area is 167 Å². The molecular weight excluding hydrogens is 371 g/mol. The number of nitrogens with one attached hydrogen (secondary N) is 1. The Hall–Kier alpha value is -3.41. The summed E-state index contributed by atoms with van der Waals surface area (Å²) in [5.74, 6) is -1.00. The van der Waals surface area contributed by atoms with E-state index in [4.69, 9.17) is 4.74 Å². The number of carbonyl (C=O) groups is 2. The fourth-order valence-corrected chi connectivity index (χ4v) is 4.40. The summed E-state index contributed by atoms with van der Waals surface area (Å²) in [7, 11) is 0. The van der Waals surface area contributed by atoms with E-state index in [1.807, 2.05) is 18.2 Å². The molecule has 2 amide bonds. The minimum atomic E-state index is -0.803. The van der Waals surface area contributed by atoms with Gasteiger partial charge < -0.3 is 10.1 Å². The molecule has 1 N–H and O–H groups in total. The third-order valence-electron chi connectivity index (χ3n) is 5.83. The van der Waals surface area contributed by atoms with E-state index in [-0.39, 0.29) is 29.5 Å². The quantitative estimate of drug-likeness (QED) is 0.646. The Bertz CT molecular complexity index is 1090. The van der Waals surface area contributed by atoms with Crippen LogP contribution in [0.15, 0.2) is 72.0 Å². The Kier molecular flexibility index (Phi) is 4.01. The van der Waals surface area contributed by atoms with E-state index in [1.165, 1.54) is 28.9 Å². The fraction of sp³-hybridized carbons (Fsp3) is 0.217. The molecular formula is C23H19FN2O3. The van der Waals surface area contributed by atoms with E-state index in [0.29, 0.717) is 11.1 Å². The molecule has 2 aromatic rings. The highest BCUT2D eigenvalue weighted by Gasteiger charge is 2.44. The number of ether oxygens (including phenoxy) is 1. The van der Waals surface area contributed by atoms with Gasteiger partial charge in [0.2, 0.25) is 0 Å². The highest BCUT2D eigenvalue weighted by Crippen LogP contribution is 2.44. The van der Waals surface area contributed by atoms with Gasteiger partial charge in [0.15, 0.2) is 6.23 Å². The molecule has 0 spiro atoms. The SMILES string of the molecule is CC1=CC(O/C=C2/C(=O)NC3c4ccccc4CC23)N(c2ccccc2F)C1=O. The maximum absolute atomic E-state index is 14.3. The Balaban J connectivity index is 1.43. The minimum Gasteiger partial charge on any atom is -0.474 e. The van der Waals surface area contributed by atoms with Crippen LogP contribution in [0.2, 0.25) is 0 Å². The van der Waals surface area contributed by atoms with Crippen molar-refractivity contribution in [2.45, 2.75) is 25.6 Å². The highest BCUT2D eigenvalue weighted by molar-refractivity contribution is 6.08. The number of hydrogen-bond acceptors (Lipinski definition) is 3. The van der Waals surface area contributed by atoms with Crippen LogP contribution in [0.4, 0.5) is 10.1 Å². The van der Waals surface area contributed by atoms with Crippen molar-refractivity contribution in [3.05, 3.63) is 89.0 Å². The number of carbonyl (C=O) groups excluding carboxylic acids is 2. The number of rotatable bonds is 3. The minimum absolute atomic E-state index is 0.0102. The molecule has 1 saturated heterocycles. The second-order valence-electron chi connectivity index (χ2n) is 7.54. The number of hydrogen-bond donors (Lipinski definition) is 1. The zero-order valence-corrected chi connectivity index (χ0v) is 15.8. The van der Waals surface area contributed by atoms with Gasteiger partial charge in [-0.25, -0.2) is 4.39 Å². The van der Waals surface area contributed by atoms with Crippen LogP contribution in [0.1, 0.15) is 24.1 Å². The zero-order valence-electron chi connectivity index (χ0n) is 15.8. The summed E-state index contributed by atoms with van der Waals surface area (Å²) in [4.78, 5) is 26.4. The average molecular weight is 390 g/mol. The molecule has 3 atom stereocenters. The maximum Gasteiger partial charge on any atom is 0.257 e. The van der Waals surface area contributed by atoms with Crippen molar-refractivity contribution in [3.8, 4) is 0 Å². The number of benzene rings is 2. The van der Waals surface area contributed by atoms with Crippen molar-refractivity contribution < 1.29 is 18.7 Å². The molecule has 2 aromatic carbocycles. The molecule has 146 valence electrons. The van der Waals surface area contributed by atoms with Crippen LogP contribution in [0.3, 0.4) is 0 Å². The molecule has 1 fully saturated rings. The third kappa shape index (κ3) is 2.75. The van der Waals surface area contributed by atoms with Gasteiger partial charge in [-0.05, 0) is 42.7 Å². The molecule has 0 radical (unpaired) electrons. The lowest BCUT2D eigenvalue weighted by Crippen LogP contribution is -2.36. The summed E-state index contributed by atoms with van der Waals surface area (Å²) in [6, 6.07) is 14.1. The molecule has 0 aromatic heterocycles. The van der Waals surface area contributed by atoms with Crippen LogP contribution in [0.25, 0.3) is 0 Å². The molecule has 1 aliphatic carbocycles. The number of nitrogens with zero attached hydrogens (tertiary/aromatic N) is 1. The number of halogens is 1. The lowest BCUT2D eigenvalue weighted by atomic mass is 9.97. The van der Waals surface area contributed by atoms with E-state index in [1.54, 1.807) is 25.1 Å². The molecule has 3 unspecified atom stereocenters. The van der Waals surface area contributed by atoms with Crippen molar-refractivity contribution in [1.29, 1.82) is 0 Å². The van der Waals surface area contributed by atoms with E-state index in [2.05, 4.69) is 11.4 Å². The van der Waals surface area contributed by atoms with Crippen molar-refractivity contribution >= 4 is 17.5 Å². The van der Waals surface area contributed by atoms with Crippen molar-refractivity contribution in [3.63, 3.8) is 0 Å². The molecule has 0 saturated carbocycles. The Morgan fingerprint density at radius 3 is 2.72 bits per heavy atom. The van der Waals surface area contributed by atoms with Crippen molar-refractivity contribution in [2.75, 3.05) is 4.90 Å². The van der Waals surface area contributed by atoms with Crippen molar-refractivity contribution in [2.24, 2.45) is 5.92 Å². The third-order valence-corrected chi connectivity index (χ3v) is 5.83. The molecule has 5 rings (SSSR count). The standard InChI is InChI=1S/C23H19FN2O3/c1-13-10-20(26(23(13)28)19-9-5-4-8-18(19)24)29-12-17-16-11-14-6-2-3-7-15(14)21(16)25-22(17)27/h2-10,12,16,20-21H,11H2,1H3,(H,25,27)/b17-12+. The molecule has 5 nitrogen and oxygen atoms in total. The van der Waals surface area contributed by atoms with Crippen LogP contribution >= 0.6 is 0 Å². The van der Waals surface area contributed by atoms with Gasteiger partial charge in [0.05, 0.1) is 23.6 Å². The fourth-order valence-electron chi connectivity index (χ4n) is 4.40. The Morgan fingerprint density at radius 2 is 1.90 bits per heavy atom. The number of fused-ring (bicyclic) bond motifs is 3. The molecule has 2 aliphatic heterocycles. The summed E-state index contributed by atoms with van der Waals surface area (Å²) < 4.78 is 20.2. The topological polar surface area (TPSA) is 58.6 Å². The van der Waals surface area contributed by atoms with E-state index in [0.717, 1.165) is 12.0 Å². The monoisotopic (exact) mass is 390 g/mol. The summed E-state index contributed by atoms with van der Waals surface area (Å²) in [6.45, 7) is 1.67. The van der Waals surface area contributed by atoms with E-state index in [9.17, 15) is 14.0 Å². The van der Waals surface area contributed by atoms with Crippen LogP contribution in [0, 0.1) is 11.7 Å². The summed E-state index contributed by atoms with van der Waals surface area (Å²) in [6.07, 6.45) is 3.03. The Morgan fingerprint density at radius 1 is 1.14 bits per heavy atom. The van der Waals surface area contributed by atoms with Gasteiger partial charge in [-0.1, -0.05) is 36.4 Å². The maximum atomic E-state index is 14.3. The normalized spacial score (nSPS) is 26.4. The predicted molar refractivity (Wildman–Crippen MR) is 105 cm³/mol. The van der Waals surface area contributed by atoms with Gasteiger partial charge in [0.1, 0.15) is 5.82 Å². The van der Waals surface area contributed by atoms with E-state index < -0.39 is 12.0 Å². The molecule has 29 heavy (non-hydrogen) atoms. The highest BCUT2D eigenvalue weighted by atomic mass is 19.1. The second-order valence-corrected chi connectivity index (χ2v) is 7.54. The first-order chi connectivity index (χ1) is 14.0. The van der Waals surface area contributed by atoms with Crippen LogP contribution in [0.5, 0.6) is 0 Å². The van der Waals surface area contributed by atoms with Gasteiger partial charge in [-0.3, -0.25) is 14.5 Å². The van der Waals surface area contributed by atoms with Crippen LogP contribution < -0.4 is 10.2 Å². The molecule has 3 aliphatic rings. The molecule has 0 bridgehead atoms. The van der Waals surface area contributed by atoms with Gasteiger partial charge in [0, 0.05) is 11.5 Å². The molecule has 2 heterocycles. The average Bonchev–Trinajstić information content (AvgIpc) is 3.31. The lowest BCUT2D eigenvalue weighted by molar-refractivity contribution is -0.116. The van der Waals surface area contributed by atoms with Gasteiger partial charge in [0.25, 0.3) is 11.8 Å². The van der Waals surface area contributed by atoms with Gasteiger partial charge in [-0.2, -0.15) is 0 Å². The summed E-state index contributed by atoms with van der Waals surface area (Å²) >= 11 is 0. The van der Waals surface area contributed by atoms with Crippen LogP contribution in [-0.4, -0.2) is 18.0 Å². The first kappa shape index (κ1) is 17.7. The van der Waals surface area contributed by atoms with Crippen LogP contribution in [-0.2, 0) is 20.7 Å². The number of para-hydroxylation sites is 1. The zero-order chi connectivity index (χ0) is 20.1. The second kappa shape index (κ2) is 6.58. The first-order valence-electron chi connectivity index (χ1n) is 9.55. The summed E-state index contributed by atoms with van der Waals surface area (Å²) in [5, 5.41) is 3.02. The van der Waals surface area contributed by atoms with Gasteiger partial charge >= 0.3 is 0 Å². The smallest absolute Gasteiger partial charge is 0.257 e. The molecule has 6 heteroatoms. The van der Waals surface area contributed by atoms with Gasteiger partial charge in [-0.15, -0.1) is 0 Å². The largest absolute Gasteiger partial charge is 0.474 e. The van der Waals surface area contributed by atoms with E-state index >= 15 is 0 Å². The number of amides is 2. The lowest BCUT2D eigenvalue weighted by Gasteiger charge is -2.24. The van der Waals surface area contributed by atoms with Crippen molar-refractivity contribution in [1.82, 2.24) is 5.32 Å².